The van der Waals surface area contributed by atoms with Crippen LogP contribution < -0.4 is 0 Å². The van der Waals surface area contributed by atoms with Crippen molar-refractivity contribution in [3.63, 3.8) is 0 Å². The second-order valence-electron chi connectivity index (χ2n) is 5.00. The average Bonchev–Trinajstić information content (AvgIpc) is 3.00. The molecule has 0 spiro atoms. The summed E-state index contributed by atoms with van der Waals surface area (Å²) in [6, 6.07) is 2.00. The van der Waals surface area contributed by atoms with Gasteiger partial charge in [-0.25, -0.2) is 0 Å². The summed E-state index contributed by atoms with van der Waals surface area (Å²) in [5.41, 5.74) is 3.44. The van der Waals surface area contributed by atoms with E-state index in [1.807, 2.05) is 17.8 Å². The number of ether oxygens (including phenoxy) is 1. The van der Waals surface area contributed by atoms with Gasteiger partial charge in [0, 0.05) is 45.3 Å². The van der Waals surface area contributed by atoms with Gasteiger partial charge in [0.15, 0.2) is 0 Å². The van der Waals surface area contributed by atoms with Gasteiger partial charge in [-0.2, -0.15) is 0 Å². The van der Waals surface area contributed by atoms with Crippen molar-refractivity contribution < 1.29 is 9.15 Å². The predicted molar refractivity (Wildman–Crippen MR) is 68.4 cm³/mol. The fourth-order valence-electron chi connectivity index (χ4n) is 2.79. The van der Waals surface area contributed by atoms with Crippen LogP contribution in [-0.4, -0.2) is 40.2 Å². The average molecular weight is 262 g/mol. The van der Waals surface area contributed by atoms with Crippen LogP contribution in [0.5, 0.6) is 0 Å². The Hall–Kier alpha value is -1.66. The maximum absolute atomic E-state index is 5.33. The molecule has 0 saturated heterocycles. The molecule has 0 N–H and O–H groups in total. The molecule has 1 aliphatic rings. The van der Waals surface area contributed by atoms with E-state index in [0.717, 1.165) is 25.3 Å². The van der Waals surface area contributed by atoms with Crippen LogP contribution in [0.2, 0.25) is 0 Å². The van der Waals surface area contributed by atoms with Crippen molar-refractivity contribution in [2.45, 2.75) is 19.0 Å². The summed E-state index contributed by atoms with van der Waals surface area (Å²) in [6.07, 6.45) is 3.50. The summed E-state index contributed by atoms with van der Waals surface area (Å²) in [5, 5.41) is 8.39. The first kappa shape index (κ1) is 12.4. The third kappa shape index (κ3) is 2.41. The molecular weight excluding hydrogens is 244 g/mol. The van der Waals surface area contributed by atoms with Crippen molar-refractivity contribution in [2.75, 3.05) is 20.3 Å². The smallest absolute Gasteiger partial charge is 0.100 e. The van der Waals surface area contributed by atoms with E-state index < -0.39 is 0 Å². The van der Waals surface area contributed by atoms with Crippen molar-refractivity contribution in [1.82, 2.24) is 19.9 Å². The van der Waals surface area contributed by atoms with Crippen molar-refractivity contribution in [3.8, 4) is 0 Å². The Balaban J connectivity index is 1.80. The molecule has 0 amide bonds. The molecule has 6 heteroatoms. The summed E-state index contributed by atoms with van der Waals surface area (Å²) < 4.78 is 12.3. The lowest BCUT2D eigenvalue weighted by Gasteiger charge is -2.31. The number of rotatable bonds is 4. The summed E-state index contributed by atoms with van der Waals surface area (Å²) in [4.78, 5) is 2.35. The van der Waals surface area contributed by atoms with Gasteiger partial charge in [-0.15, -0.1) is 5.10 Å². The van der Waals surface area contributed by atoms with Crippen LogP contribution in [0, 0.1) is 0 Å². The fourth-order valence-corrected chi connectivity index (χ4v) is 2.79. The number of fused-ring (bicyclic) bond motifs is 1. The highest BCUT2D eigenvalue weighted by Crippen LogP contribution is 2.27. The highest BCUT2D eigenvalue weighted by molar-refractivity contribution is 5.20. The van der Waals surface area contributed by atoms with Crippen LogP contribution >= 0.6 is 0 Å². The monoisotopic (exact) mass is 262 g/mol. The van der Waals surface area contributed by atoms with Crippen LogP contribution in [0.1, 0.15) is 22.9 Å². The zero-order valence-electron chi connectivity index (χ0n) is 11.2. The first-order valence-electron chi connectivity index (χ1n) is 6.38. The molecule has 1 atom stereocenters. The van der Waals surface area contributed by atoms with Gasteiger partial charge in [0.05, 0.1) is 24.8 Å². The van der Waals surface area contributed by atoms with Gasteiger partial charge in [0.2, 0.25) is 0 Å². The third-order valence-electron chi connectivity index (χ3n) is 3.54. The molecule has 0 radical (unpaired) electrons. The zero-order valence-corrected chi connectivity index (χ0v) is 11.2. The maximum Gasteiger partial charge on any atom is 0.100 e. The molecule has 3 heterocycles. The molecule has 6 nitrogen and oxygen atoms in total. The third-order valence-corrected chi connectivity index (χ3v) is 3.54. The highest BCUT2D eigenvalue weighted by atomic mass is 16.5. The van der Waals surface area contributed by atoms with Gasteiger partial charge < -0.3 is 9.15 Å². The van der Waals surface area contributed by atoms with E-state index >= 15 is 0 Å². The lowest BCUT2D eigenvalue weighted by atomic mass is 9.98. The Bertz CT molecular complexity index is 535. The first-order valence-corrected chi connectivity index (χ1v) is 6.38. The Morgan fingerprint density at radius 3 is 3.16 bits per heavy atom. The molecule has 0 fully saturated rings. The molecule has 0 aliphatic carbocycles. The number of nitrogens with zero attached hydrogens (tertiary/aromatic N) is 4. The standard InChI is InChI=1S/C13H18N4O2/c1-16-13-11(9-18-2)6-17(7-12(13)14-15-16)5-10-3-4-19-8-10/h3-4,8,11H,5-7,9H2,1-2H3/t11-/m1/s1. The summed E-state index contributed by atoms with van der Waals surface area (Å²) in [7, 11) is 3.68. The lowest BCUT2D eigenvalue weighted by Crippen LogP contribution is -2.35. The van der Waals surface area contributed by atoms with E-state index in [-0.39, 0.29) is 0 Å². The lowest BCUT2D eigenvalue weighted by molar-refractivity contribution is 0.132. The fraction of sp³-hybridized carbons (Fsp3) is 0.538. The number of hydrogen-bond donors (Lipinski definition) is 0. The highest BCUT2D eigenvalue weighted by Gasteiger charge is 2.29. The normalized spacial score (nSPS) is 19.6. The van der Waals surface area contributed by atoms with E-state index in [1.54, 1.807) is 19.6 Å². The summed E-state index contributed by atoms with van der Waals surface area (Å²) >= 11 is 0. The maximum atomic E-state index is 5.33. The van der Waals surface area contributed by atoms with Crippen LogP contribution in [0.15, 0.2) is 23.0 Å². The van der Waals surface area contributed by atoms with Crippen LogP contribution in [0.4, 0.5) is 0 Å². The molecule has 3 rings (SSSR count). The van der Waals surface area contributed by atoms with E-state index in [4.69, 9.17) is 9.15 Å². The molecule has 0 unspecified atom stereocenters. The molecule has 1 aliphatic heterocycles. The summed E-state index contributed by atoms with van der Waals surface area (Å²) in [5.74, 6) is 0.320. The molecule has 0 bridgehead atoms. The Kier molecular flexibility index (Phi) is 3.35. The second kappa shape index (κ2) is 5.14. The predicted octanol–water partition coefficient (Wildman–Crippen LogP) is 1.15. The minimum absolute atomic E-state index is 0.320. The topological polar surface area (TPSA) is 56.3 Å². The van der Waals surface area contributed by atoms with Crippen LogP contribution in [0.3, 0.4) is 0 Å². The van der Waals surface area contributed by atoms with E-state index in [0.29, 0.717) is 12.5 Å². The second-order valence-corrected chi connectivity index (χ2v) is 5.00. The van der Waals surface area contributed by atoms with Crippen molar-refractivity contribution in [1.29, 1.82) is 0 Å². The number of hydrogen-bond acceptors (Lipinski definition) is 5. The molecule has 2 aromatic rings. The van der Waals surface area contributed by atoms with Gasteiger partial charge in [-0.1, -0.05) is 5.21 Å². The van der Waals surface area contributed by atoms with Gasteiger partial charge in [-0.05, 0) is 6.07 Å². The Morgan fingerprint density at radius 1 is 1.53 bits per heavy atom. The number of methoxy groups -OCH3 is 1. The van der Waals surface area contributed by atoms with Gasteiger partial charge in [0.1, 0.15) is 5.69 Å². The van der Waals surface area contributed by atoms with Crippen molar-refractivity contribution >= 4 is 0 Å². The minimum Gasteiger partial charge on any atom is -0.472 e. The first-order chi connectivity index (χ1) is 9.28. The van der Waals surface area contributed by atoms with E-state index in [9.17, 15) is 0 Å². The quantitative estimate of drug-likeness (QED) is 0.827. The Labute approximate surface area is 112 Å². The number of aromatic nitrogens is 3. The molecular formula is C13H18N4O2. The molecule has 0 aromatic carbocycles. The number of aryl methyl sites for hydroxylation is 1. The molecule has 19 heavy (non-hydrogen) atoms. The largest absolute Gasteiger partial charge is 0.472 e. The molecule has 0 saturated carbocycles. The van der Waals surface area contributed by atoms with Crippen molar-refractivity contribution in [3.05, 3.63) is 35.5 Å². The van der Waals surface area contributed by atoms with Gasteiger partial charge in [0.25, 0.3) is 0 Å². The molecule has 102 valence electrons. The number of furan rings is 1. The van der Waals surface area contributed by atoms with E-state index in [1.165, 1.54) is 11.3 Å². The summed E-state index contributed by atoms with van der Waals surface area (Å²) in [6.45, 7) is 3.34. The van der Waals surface area contributed by atoms with Crippen molar-refractivity contribution in [2.24, 2.45) is 7.05 Å². The van der Waals surface area contributed by atoms with Crippen LogP contribution in [0.25, 0.3) is 0 Å². The van der Waals surface area contributed by atoms with Gasteiger partial charge >= 0.3 is 0 Å². The molecule has 2 aromatic heterocycles. The SMILES string of the molecule is COC[C@H]1CN(Cc2ccoc2)Cc2nnn(C)c21. The van der Waals surface area contributed by atoms with E-state index in [2.05, 4.69) is 15.2 Å². The zero-order chi connectivity index (χ0) is 13.2. The Morgan fingerprint density at radius 2 is 2.42 bits per heavy atom. The van der Waals surface area contributed by atoms with Crippen LogP contribution in [-0.2, 0) is 24.9 Å². The minimum atomic E-state index is 0.320. The van der Waals surface area contributed by atoms with Gasteiger partial charge in [-0.3, -0.25) is 9.58 Å².